The first-order valence-electron chi connectivity index (χ1n) is 5.62. The van der Waals surface area contributed by atoms with E-state index in [1.807, 2.05) is 30.1 Å². The van der Waals surface area contributed by atoms with Gasteiger partial charge in [0.15, 0.2) is 11.7 Å². The minimum Gasteiger partial charge on any atom is -0.409 e. The van der Waals surface area contributed by atoms with E-state index >= 15 is 0 Å². The zero-order valence-electron chi connectivity index (χ0n) is 10.7. The smallest absolute Gasteiger partial charge is 0.193 e. The molecule has 8 heteroatoms. The van der Waals surface area contributed by atoms with E-state index in [0.29, 0.717) is 17.9 Å². The van der Waals surface area contributed by atoms with Crippen LogP contribution < -0.4 is 10.6 Å². The summed E-state index contributed by atoms with van der Waals surface area (Å²) in [6, 6.07) is 7.37. The fraction of sp³-hybridized carbons (Fsp3) is 0.273. The number of hydrogen-bond donors (Lipinski definition) is 2. The van der Waals surface area contributed by atoms with Gasteiger partial charge >= 0.3 is 0 Å². The van der Waals surface area contributed by atoms with Crippen LogP contribution in [0.2, 0.25) is 0 Å². The summed E-state index contributed by atoms with van der Waals surface area (Å²) in [6.45, 7) is 0.476. The highest BCUT2D eigenvalue weighted by Crippen LogP contribution is 2.19. The lowest BCUT2D eigenvalue weighted by atomic mass is 10.1. The highest BCUT2D eigenvalue weighted by Gasteiger charge is 2.12. The summed E-state index contributed by atoms with van der Waals surface area (Å²) in [4.78, 5) is 3.31. The molecule has 0 radical (unpaired) electrons. The topological polar surface area (TPSA) is 105 Å². The van der Waals surface area contributed by atoms with Gasteiger partial charge in [-0.3, -0.25) is 0 Å². The minimum atomic E-state index is 0.0644. The second-order valence-corrected chi connectivity index (χ2v) is 4.05. The summed E-state index contributed by atoms with van der Waals surface area (Å²) in [5, 5.41) is 23.6. The van der Waals surface area contributed by atoms with Crippen LogP contribution in [-0.2, 0) is 13.6 Å². The summed E-state index contributed by atoms with van der Waals surface area (Å²) < 4.78 is 0. The maximum atomic E-state index is 8.79. The molecule has 19 heavy (non-hydrogen) atoms. The first-order valence-corrected chi connectivity index (χ1v) is 5.62. The summed E-state index contributed by atoms with van der Waals surface area (Å²) in [7, 11) is 3.58. The summed E-state index contributed by atoms with van der Waals surface area (Å²) >= 11 is 0. The van der Waals surface area contributed by atoms with E-state index in [9.17, 15) is 0 Å². The van der Waals surface area contributed by atoms with Gasteiger partial charge in [0.2, 0.25) is 0 Å². The summed E-state index contributed by atoms with van der Waals surface area (Å²) in [5.74, 6) is 0.661. The van der Waals surface area contributed by atoms with Crippen molar-refractivity contribution in [3.8, 4) is 0 Å². The summed E-state index contributed by atoms with van der Waals surface area (Å²) in [5.41, 5.74) is 7.13. The first-order chi connectivity index (χ1) is 9.11. The zero-order valence-corrected chi connectivity index (χ0v) is 10.7. The van der Waals surface area contributed by atoms with E-state index in [1.54, 1.807) is 13.1 Å². The Bertz CT molecular complexity index is 592. The van der Waals surface area contributed by atoms with Crippen molar-refractivity contribution >= 4 is 11.5 Å². The van der Waals surface area contributed by atoms with Crippen LogP contribution in [0.25, 0.3) is 0 Å². The van der Waals surface area contributed by atoms with E-state index in [2.05, 4.69) is 20.6 Å². The molecule has 0 aliphatic rings. The number of rotatable bonds is 4. The van der Waals surface area contributed by atoms with Crippen LogP contribution in [0.15, 0.2) is 29.4 Å². The van der Waals surface area contributed by atoms with Gasteiger partial charge in [0.05, 0.1) is 13.6 Å². The van der Waals surface area contributed by atoms with Crippen LogP contribution in [0.4, 0.5) is 5.69 Å². The largest absolute Gasteiger partial charge is 0.409 e. The second-order valence-electron chi connectivity index (χ2n) is 4.05. The quantitative estimate of drug-likeness (QED) is 0.346. The number of hydrogen-bond acceptors (Lipinski definition) is 6. The maximum absolute atomic E-state index is 8.79. The average Bonchev–Trinajstić information content (AvgIpc) is 2.83. The highest BCUT2D eigenvalue weighted by molar-refractivity contribution is 6.02. The third kappa shape index (κ3) is 2.79. The van der Waals surface area contributed by atoms with Crippen molar-refractivity contribution in [3.05, 3.63) is 35.7 Å². The monoisotopic (exact) mass is 261 g/mol. The van der Waals surface area contributed by atoms with Crippen molar-refractivity contribution in [1.82, 2.24) is 20.2 Å². The van der Waals surface area contributed by atoms with E-state index in [4.69, 9.17) is 10.9 Å². The van der Waals surface area contributed by atoms with Crippen molar-refractivity contribution in [2.45, 2.75) is 6.54 Å². The van der Waals surface area contributed by atoms with Crippen LogP contribution in [0, 0.1) is 0 Å². The van der Waals surface area contributed by atoms with Crippen molar-refractivity contribution in [1.29, 1.82) is 0 Å². The molecule has 0 fully saturated rings. The van der Waals surface area contributed by atoms with Crippen molar-refractivity contribution in [2.24, 2.45) is 17.9 Å². The van der Waals surface area contributed by atoms with Crippen molar-refractivity contribution in [3.63, 3.8) is 0 Å². The Balaban J connectivity index is 2.26. The number of aryl methyl sites for hydroxylation is 1. The number of anilines is 1. The van der Waals surface area contributed by atoms with E-state index in [1.165, 1.54) is 4.80 Å². The lowest BCUT2D eigenvalue weighted by molar-refractivity contribution is 0.318. The fourth-order valence-electron chi connectivity index (χ4n) is 1.76. The van der Waals surface area contributed by atoms with Gasteiger partial charge in [-0.05, 0) is 17.3 Å². The van der Waals surface area contributed by atoms with Crippen LogP contribution in [0.5, 0.6) is 0 Å². The summed E-state index contributed by atoms with van der Waals surface area (Å²) in [6.07, 6.45) is 0. The van der Waals surface area contributed by atoms with Gasteiger partial charge in [0.1, 0.15) is 0 Å². The van der Waals surface area contributed by atoms with Gasteiger partial charge in [-0.1, -0.05) is 17.3 Å². The molecule has 0 amide bonds. The molecule has 0 spiro atoms. The Morgan fingerprint density at radius 2 is 2.21 bits per heavy atom. The predicted molar refractivity (Wildman–Crippen MR) is 69.9 cm³/mol. The Morgan fingerprint density at radius 1 is 1.47 bits per heavy atom. The number of oxime groups is 1. The molecule has 0 bridgehead atoms. The van der Waals surface area contributed by atoms with Gasteiger partial charge < -0.3 is 15.8 Å². The lowest BCUT2D eigenvalue weighted by Crippen LogP contribution is -2.23. The van der Waals surface area contributed by atoms with Crippen LogP contribution in [0.3, 0.4) is 0 Å². The third-order valence-corrected chi connectivity index (χ3v) is 2.63. The molecular formula is C11H15N7O. The number of nitrogens with two attached hydrogens (primary N) is 1. The van der Waals surface area contributed by atoms with E-state index in [0.717, 1.165) is 5.69 Å². The van der Waals surface area contributed by atoms with E-state index < -0.39 is 0 Å². The number of amidine groups is 1. The van der Waals surface area contributed by atoms with Crippen LogP contribution >= 0.6 is 0 Å². The number of tetrazole rings is 1. The molecule has 100 valence electrons. The molecule has 0 unspecified atom stereocenters. The lowest BCUT2D eigenvalue weighted by Gasteiger charge is -2.20. The Morgan fingerprint density at radius 3 is 2.84 bits per heavy atom. The molecule has 8 nitrogen and oxygen atoms in total. The van der Waals surface area contributed by atoms with Gasteiger partial charge in [-0.15, -0.1) is 10.2 Å². The normalized spacial score (nSPS) is 11.6. The Kier molecular flexibility index (Phi) is 3.60. The average molecular weight is 261 g/mol. The molecule has 3 N–H and O–H groups in total. The third-order valence-electron chi connectivity index (χ3n) is 2.63. The highest BCUT2D eigenvalue weighted by atomic mass is 16.4. The Hall–Kier alpha value is -2.64. The molecule has 0 saturated carbocycles. The standard InChI is InChI=1S/C11H15N7O/c1-17(7-10-13-16-18(2)14-10)9-6-4-3-5-8(9)11(12)15-19/h3-6,19H,7H2,1-2H3,(H2,12,15). The maximum Gasteiger partial charge on any atom is 0.193 e. The van der Waals surface area contributed by atoms with Crippen molar-refractivity contribution in [2.75, 3.05) is 11.9 Å². The molecular weight excluding hydrogens is 246 g/mol. The van der Waals surface area contributed by atoms with Gasteiger partial charge in [0, 0.05) is 18.3 Å². The van der Waals surface area contributed by atoms with Crippen LogP contribution in [0.1, 0.15) is 11.4 Å². The number of benzene rings is 1. The van der Waals surface area contributed by atoms with Crippen LogP contribution in [-0.4, -0.2) is 38.3 Å². The van der Waals surface area contributed by atoms with Gasteiger partial charge in [-0.25, -0.2) is 0 Å². The minimum absolute atomic E-state index is 0.0644. The molecule has 1 aromatic carbocycles. The number of para-hydroxylation sites is 1. The van der Waals surface area contributed by atoms with Gasteiger partial charge in [-0.2, -0.15) is 4.80 Å². The SMILES string of the molecule is CN(Cc1nnn(C)n1)c1ccccc1/C(N)=N/O. The van der Waals surface area contributed by atoms with E-state index in [-0.39, 0.29) is 5.84 Å². The second kappa shape index (κ2) is 5.34. The molecule has 0 saturated heterocycles. The molecule has 0 aliphatic carbocycles. The predicted octanol–water partition coefficient (Wildman–Crippen LogP) is -0.0590. The molecule has 2 aromatic rings. The first kappa shape index (κ1) is 12.8. The molecule has 2 rings (SSSR count). The molecule has 0 atom stereocenters. The Labute approximate surface area is 110 Å². The van der Waals surface area contributed by atoms with Crippen molar-refractivity contribution < 1.29 is 5.21 Å². The zero-order chi connectivity index (χ0) is 13.8. The molecule has 1 aromatic heterocycles. The number of aromatic nitrogens is 4. The molecule has 1 heterocycles. The van der Waals surface area contributed by atoms with Gasteiger partial charge in [0.25, 0.3) is 0 Å². The fourth-order valence-corrected chi connectivity index (χ4v) is 1.76. The molecule has 0 aliphatic heterocycles. The number of nitrogens with zero attached hydrogens (tertiary/aromatic N) is 6.